The molecule has 0 saturated carbocycles. The van der Waals surface area contributed by atoms with Crippen LogP contribution in [0.4, 0.5) is 0 Å². The van der Waals surface area contributed by atoms with Crippen molar-refractivity contribution in [3.05, 3.63) is 18.5 Å². The molecule has 0 atom stereocenters. The van der Waals surface area contributed by atoms with Crippen molar-refractivity contribution in [3.63, 3.8) is 0 Å². The van der Waals surface area contributed by atoms with Crippen molar-refractivity contribution in [2.45, 2.75) is 0 Å². The van der Waals surface area contributed by atoms with Gasteiger partial charge in [0.2, 0.25) is 5.58 Å². The van der Waals surface area contributed by atoms with Gasteiger partial charge in [0.15, 0.2) is 0 Å². The molecule has 5 nitrogen and oxygen atoms in total. The number of hydrogen-bond acceptors (Lipinski definition) is 4. The molecule has 58 valence electrons. The van der Waals surface area contributed by atoms with Crippen molar-refractivity contribution in [2.75, 3.05) is 0 Å². The van der Waals surface area contributed by atoms with E-state index in [1.54, 1.807) is 0 Å². The predicted octanol–water partition coefficient (Wildman–Crippen LogP) is 1.10. The Morgan fingerprint density at radius 1 is 1.17 bits per heavy atom. The summed E-state index contributed by atoms with van der Waals surface area (Å²) in [5.41, 5.74) is 3.00. The average Bonchev–Trinajstić information content (AvgIpc) is 2.71. The lowest BCUT2D eigenvalue weighted by atomic mass is 10.3. The van der Waals surface area contributed by atoms with Crippen LogP contribution in [0.1, 0.15) is 0 Å². The standard InChI is InChI=1S/C7H4N4O/c1-2-5-7(12-11-10-5)6-4(1)8-3-9-6/h1-3,11H. The van der Waals surface area contributed by atoms with E-state index in [1.807, 2.05) is 12.1 Å². The minimum absolute atomic E-state index is 0.657. The van der Waals surface area contributed by atoms with E-state index in [0.717, 1.165) is 16.6 Å². The molecule has 12 heavy (non-hydrogen) atoms. The zero-order valence-corrected chi connectivity index (χ0v) is 5.98. The monoisotopic (exact) mass is 160 g/mol. The molecule has 0 aliphatic heterocycles. The molecule has 3 rings (SSSR count). The number of H-pyrrole nitrogens is 1. The smallest absolute Gasteiger partial charge is 0.212 e. The fourth-order valence-electron chi connectivity index (χ4n) is 1.23. The van der Waals surface area contributed by atoms with Crippen LogP contribution in [-0.2, 0) is 0 Å². The van der Waals surface area contributed by atoms with Gasteiger partial charge in [0.05, 0.1) is 5.52 Å². The second kappa shape index (κ2) is 1.82. The number of imidazole rings is 1. The minimum atomic E-state index is 0.657. The first-order valence-corrected chi connectivity index (χ1v) is 3.48. The number of nitrogens with one attached hydrogen (secondary N) is 1. The van der Waals surface area contributed by atoms with E-state index in [1.165, 1.54) is 6.33 Å². The molecule has 0 bridgehead atoms. The summed E-state index contributed by atoms with van der Waals surface area (Å²) in [6, 6.07) is 3.70. The number of hydrogen-bond donors (Lipinski definition) is 1. The maximum Gasteiger partial charge on any atom is 0.212 e. The summed E-state index contributed by atoms with van der Waals surface area (Å²) in [5.74, 6) is 0. The zero-order chi connectivity index (χ0) is 7.97. The molecular weight excluding hydrogens is 156 g/mol. The molecule has 0 aliphatic carbocycles. The van der Waals surface area contributed by atoms with Gasteiger partial charge in [0, 0.05) is 0 Å². The molecule has 0 aliphatic rings. The highest BCUT2D eigenvalue weighted by atomic mass is 16.5. The van der Waals surface area contributed by atoms with Gasteiger partial charge < -0.3 is 4.52 Å². The Morgan fingerprint density at radius 3 is 3.08 bits per heavy atom. The molecular formula is C7H4N4O. The molecule has 2 aromatic heterocycles. The fourth-order valence-corrected chi connectivity index (χ4v) is 1.23. The van der Waals surface area contributed by atoms with Crippen molar-refractivity contribution >= 4 is 22.1 Å². The van der Waals surface area contributed by atoms with Gasteiger partial charge in [-0.05, 0) is 12.1 Å². The topological polar surface area (TPSA) is 67.6 Å². The first-order valence-electron chi connectivity index (χ1n) is 3.48. The van der Waals surface area contributed by atoms with Crippen LogP contribution in [0.5, 0.6) is 0 Å². The Labute approximate surface area is 66.4 Å². The van der Waals surface area contributed by atoms with Crippen LogP contribution >= 0.6 is 0 Å². The molecule has 0 fully saturated rings. The molecule has 3 aromatic rings. The Balaban J connectivity index is 2.71. The number of rotatable bonds is 0. The Morgan fingerprint density at radius 2 is 2.08 bits per heavy atom. The second-order valence-corrected chi connectivity index (χ2v) is 2.46. The maximum absolute atomic E-state index is 5.05. The predicted molar refractivity (Wildman–Crippen MR) is 41.5 cm³/mol. The lowest BCUT2D eigenvalue weighted by molar-refractivity contribution is 0.425. The molecule has 5 heteroatoms. The molecule has 0 radical (unpaired) electrons. The van der Waals surface area contributed by atoms with Gasteiger partial charge >= 0.3 is 0 Å². The van der Waals surface area contributed by atoms with Crippen LogP contribution in [0, 0.1) is 0 Å². The van der Waals surface area contributed by atoms with E-state index >= 15 is 0 Å². The van der Waals surface area contributed by atoms with Gasteiger partial charge in [-0.3, -0.25) is 0 Å². The maximum atomic E-state index is 5.05. The van der Waals surface area contributed by atoms with Crippen LogP contribution in [0.25, 0.3) is 22.1 Å². The molecule has 0 unspecified atom stereocenters. The van der Waals surface area contributed by atoms with Gasteiger partial charge in [0.1, 0.15) is 17.4 Å². The average molecular weight is 160 g/mol. The molecule has 0 saturated heterocycles. The third kappa shape index (κ3) is 0.554. The van der Waals surface area contributed by atoms with Gasteiger partial charge in [-0.1, -0.05) is 0 Å². The quantitative estimate of drug-likeness (QED) is 0.534. The van der Waals surface area contributed by atoms with Crippen molar-refractivity contribution in [1.29, 1.82) is 0 Å². The molecule has 0 spiro atoms. The molecule has 1 N–H and O–H groups in total. The fraction of sp³-hybridized carbons (Fsp3) is 0. The first-order chi connectivity index (χ1) is 5.95. The van der Waals surface area contributed by atoms with Crippen LogP contribution in [-0.4, -0.2) is 20.3 Å². The normalized spacial score (nSPS) is 11.3. The molecule has 2 heterocycles. The van der Waals surface area contributed by atoms with Gasteiger partial charge in [-0.2, -0.15) is 0 Å². The number of nitrogens with zero attached hydrogens (tertiary/aromatic N) is 3. The van der Waals surface area contributed by atoms with Gasteiger partial charge in [-0.25, -0.2) is 9.97 Å². The zero-order valence-electron chi connectivity index (χ0n) is 5.98. The van der Waals surface area contributed by atoms with E-state index in [9.17, 15) is 0 Å². The summed E-state index contributed by atoms with van der Waals surface area (Å²) in [7, 11) is 0. The summed E-state index contributed by atoms with van der Waals surface area (Å²) in [5, 5.41) is 6.32. The van der Waals surface area contributed by atoms with Crippen molar-refractivity contribution < 1.29 is 4.52 Å². The summed E-state index contributed by atoms with van der Waals surface area (Å²) in [4.78, 5) is 8.09. The van der Waals surface area contributed by atoms with E-state index in [-0.39, 0.29) is 0 Å². The second-order valence-electron chi connectivity index (χ2n) is 2.46. The van der Waals surface area contributed by atoms with Crippen LogP contribution in [0.2, 0.25) is 0 Å². The molecule has 1 aromatic carbocycles. The van der Waals surface area contributed by atoms with Crippen LogP contribution in [0.15, 0.2) is 23.0 Å². The van der Waals surface area contributed by atoms with Crippen molar-refractivity contribution in [2.24, 2.45) is 0 Å². The highest BCUT2D eigenvalue weighted by Gasteiger charge is 2.06. The Kier molecular flexibility index (Phi) is 0.864. The number of aromatic nitrogens is 4. The Hall–Kier alpha value is -1.91. The van der Waals surface area contributed by atoms with Crippen molar-refractivity contribution in [1.82, 2.24) is 20.3 Å². The van der Waals surface area contributed by atoms with Gasteiger partial charge in [0.25, 0.3) is 0 Å². The third-order valence-corrected chi connectivity index (χ3v) is 1.79. The van der Waals surface area contributed by atoms with E-state index < -0.39 is 0 Å². The van der Waals surface area contributed by atoms with E-state index in [4.69, 9.17) is 4.52 Å². The number of fused-ring (bicyclic) bond motifs is 3. The van der Waals surface area contributed by atoms with Gasteiger partial charge in [-0.15, -0.1) is 10.4 Å². The SMILES string of the molecule is c1nc2ccc3n[nH]oc3c2n1. The highest BCUT2D eigenvalue weighted by molar-refractivity contribution is 5.97. The van der Waals surface area contributed by atoms with Crippen LogP contribution in [0.3, 0.4) is 0 Å². The third-order valence-electron chi connectivity index (χ3n) is 1.79. The van der Waals surface area contributed by atoms with Crippen molar-refractivity contribution in [3.8, 4) is 0 Å². The lowest BCUT2D eigenvalue weighted by Crippen LogP contribution is -1.71. The number of benzene rings is 1. The largest absolute Gasteiger partial charge is 0.360 e. The van der Waals surface area contributed by atoms with E-state index in [2.05, 4.69) is 20.3 Å². The highest BCUT2D eigenvalue weighted by Crippen LogP contribution is 2.19. The number of aromatic amines is 1. The summed E-state index contributed by atoms with van der Waals surface area (Å²) in [6.07, 6.45) is 1.51. The summed E-state index contributed by atoms with van der Waals surface area (Å²) < 4.78 is 5.05. The van der Waals surface area contributed by atoms with Crippen LogP contribution < -0.4 is 0 Å². The minimum Gasteiger partial charge on any atom is -0.360 e. The lowest BCUT2D eigenvalue weighted by Gasteiger charge is -1.84. The Bertz CT molecular complexity index is 489. The summed E-state index contributed by atoms with van der Waals surface area (Å²) >= 11 is 0. The molecule has 0 amide bonds. The summed E-state index contributed by atoms with van der Waals surface area (Å²) in [6.45, 7) is 0. The first kappa shape index (κ1) is 5.70. The van der Waals surface area contributed by atoms with E-state index in [0.29, 0.717) is 5.58 Å².